The Labute approximate surface area is 168 Å². The van der Waals surface area contributed by atoms with Crippen molar-refractivity contribution in [1.82, 2.24) is 15.5 Å². The van der Waals surface area contributed by atoms with E-state index < -0.39 is 0 Å². The molecular formula is C19H31IN4O. The summed E-state index contributed by atoms with van der Waals surface area (Å²) in [4.78, 5) is 7.35. The summed E-state index contributed by atoms with van der Waals surface area (Å²) in [5.41, 5.74) is 1.10. The van der Waals surface area contributed by atoms with E-state index in [0.717, 1.165) is 30.7 Å². The van der Waals surface area contributed by atoms with Crippen molar-refractivity contribution in [3.05, 3.63) is 29.8 Å². The molecule has 1 aromatic rings. The molecule has 1 saturated heterocycles. The van der Waals surface area contributed by atoms with Crippen LogP contribution < -0.4 is 10.6 Å². The molecule has 0 spiro atoms. The van der Waals surface area contributed by atoms with Gasteiger partial charge >= 0.3 is 0 Å². The summed E-state index contributed by atoms with van der Waals surface area (Å²) >= 11 is 0. The van der Waals surface area contributed by atoms with Crippen LogP contribution in [0.5, 0.6) is 5.75 Å². The van der Waals surface area contributed by atoms with Crippen LogP contribution in [-0.4, -0.2) is 47.7 Å². The molecule has 140 valence electrons. The number of nitrogens with zero attached hydrogens (tertiary/aromatic N) is 2. The monoisotopic (exact) mass is 458 g/mol. The van der Waals surface area contributed by atoms with Gasteiger partial charge in [-0.3, -0.25) is 4.90 Å². The third-order valence-corrected chi connectivity index (χ3v) is 5.10. The standard InChI is InChI=1S/C19H30N4O.HI/c1-2-20-19(21-13-15-7-9-18(24)10-8-15)22-16-11-12-23(14-16)17-5-3-4-6-17;/h7-10,16-17,24H,2-6,11-14H2,1H3,(H2,20,21,22);1H. The molecule has 3 rings (SSSR count). The first-order chi connectivity index (χ1) is 11.7. The van der Waals surface area contributed by atoms with Gasteiger partial charge < -0.3 is 15.7 Å². The first kappa shape index (κ1) is 20.3. The second-order valence-corrected chi connectivity index (χ2v) is 6.92. The number of benzene rings is 1. The molecular weight excluding hydrogens is 427 g/mol. The van der Waals surface area contributed by atoms with Crippen LogP contribution in [0.15, 0.2) is 29.3 Å². The number of aliphatic imine (C=N–C) groups is 1. The van der Waals surface area contributed by atoms with Crippen LogP contribution in [0.2, 0.25) is 0 Å². The molecule has 1 aromatic carbocycles. The Kier molecular flexibility index (Phi) is 8.29. The smallest absolute Gasteiger partial charge is 0.191 e. The summed E-state index contributed by atoms with van der Waals surface area (Å²) in [5.74, 6) is 1.19. The highest BCUT2D eigenvalue weighted by molar-refractivity contribution is 14.0. The zero-order valence-electron chi connectivity index (χ0n) is 15.1. The molecule has 3 N–H and O–H groups in total. The van der Waals surface area contributed by atoms with Crippen LogP contribution >= 0.6 is 24.0 Å². The Morgan fingerprint density at radius 1 is 1.20 bits per heavy atom. The van der Waals surface area contributed by atoms with Crippen LogP contribution in [-0.2, 0) is 6.54 Å². The van der Waals surface area contributed by atoms with E-state index >= 15 is 0 Å². The Bertz CT molecular complexity index is 543. The van der Waals surface area contributed by atoms with Crippen molar-refractivity contribution in [2.45, 2.75) is 57.7 Å². The lowest BCUT2D eigenvalue weighted by Crippen LogP contribution is -2.45. The summed E-state index contributed by atoms with van der Waals surface area (Å²) in [7, 11) is 0. The Morgan fingerprint density at radius 2 is 1.92 bits per heavy atom. The third kappa shape index (κ3) is 6.02. The molecule has 1 aliphatic carbocycles. The number of phenolic OH excluding ortho intramolecular Hbond substituents is 1. The van der Waals surface area contributed by atoms with Crippen LogP contribution in [0.3, 0.4) is 0 Å². The lowest BCUT2D eigenvalue weighted by Gasteiger charge is -2.24. The van der Waals surface area contributed by atoms with Gasteiger partial charge in [-0.1, -0.05) is 25.0 Å². The zero-order valence-corrected chi connectivity index (χ0v) is 17.4. The van der Waals surface area contributed by atoms with E-state index in [1.807, 2.05) is 12.1 Å². The maximum atomic E-state index is 9.36. The van der Waals surface area contributed by atoms with Crippen LogP contribution in [0.25, 0.3) is 0 Å². The van der Waals surface area contributed by atoms with Crippen LogP contribution in [0.1, 0.15) is 44.6 Å². The van der Waals surface area contributed by atoms with Gasteiger partial charge in [-0.05, 0) is 43.9 Å². The molecule has 2 fully saturated rings. The molecule has 25 heavy (non-hydrogen) atoms. The molecule has 1 saturated carbocycles. The number of nitrogens with one attached hydrogen (secondary N) is 2. The highest BCUT2D eigenvalue weighted by atomic mass is 127. The highest BCUT2D eigenvalue weighted by Gasteiger charge is 2.30. The zero-order chi connectivity index (χ0) is 16.8. The molecule has 5 nitrogen and oxygen atoms in total. The van der Waals surface area contributed by atoms with Crippen molar-refractivity contribution in [2.24, 2.45) is 4.99 Å². The molecule has 1 aliphatic heterocycles. The molecule has 0 amide bonds. The second-order valence-electron chi connectivity index (χ2n) is 6.92. The SMILES string of the molecule is CCNC(=NCc1ccc(O)cc1)NC1CCN(C2CCCC2)C1.I. The first-order valence-corrected chi connectivity index (χ1v) is 9.31. The summed E-state index contributed by atoms with van der Waals surface area (Å²) in [6.45, 7) is 5.92. The fraction of sp³-hybridized carbons (Fsp3) is 0.632. The maximum absolute atomic E-state index is 9.36. The second kappa shape index (κ2) is 10.2. The van der Waals surface area contributed by atoms with Gasteiger partial charge in [0.15, 0.2) is 5.96 Å². The van der Waals surface area contributed by atoms with Crippen molar-refractivity contribution < 1.29 is 5.11 Å². The van der Waals surface area contributed by atoms with E-state index in [9.17, 15) is 5.11 Å². The van der Waals surface area contributed by atoms with E-state index in [4.69, 9.17) is 4.99 Å². The number of hydrogen-bond donors (Lipinski definition) is 3. The molecule has 1 atom stereocenters. The van der Waals surface area contributed by atoms with Gasteiger partial charge in [0, 0.05) is 31.7 Å². The van der Waals surface area contributed by atoms with Gasteiger partial charge in [0.25, 0.3) is 0 Å². The van der Waals surface area contributed by atoms with Crippen molar-refractivity contribution in [2.75, 3.05) is 19.6 Å². The lowest BCUT2D eigenvalue weighted by atomic mass is 10.2. The van der Waals surface area contributed by atoms with Crippen LogP contribution in [0.4, 0.5) is 0 Å². The van der Waals surface area contributed by atoms with E-state index in [1.165, 1.54) is 38.6 Å². The Hall–Kier alpha value is -1.02. The first-order valence-electron chi connectivity index (χ1n) is 9.31. The third-order valence-electron chi connectivity index (χ3n) is 5.10. The molecule has 6 heteroatoms. The van der Waals surface area contributed by atoms with E-state index in [-0.39, 0.29) is 24.0 Å². The van der Waals surface area contributed by atoms with E-state index in [2.05, 4.69) is 22.5 Å². The number of guanidine groups is 1. The number of aromatic hydroxyl groups is 1. The minimum Gasteiger partial charge on any atom is -0.508 e. The normalized spacial score (nSPS) is 22.0. The molecule has 0 radical (unpaired) electrons. The molecule has 1 heterocycles. The van der Waals surface area contributed by atoms with Gasteiger partial charge in [-0.2, -0.15) is 0 Å². The van der Waals surface area contributed by atoms with Crippen LogP contribution in [0, 0.1) is 0 Å². The van der Waals surface area contributed by atoms with Crippen molar-refractivity contribution in [3.8, 4) is 5.75 Å². The quantitative estimate of drug-likeness (QED) is 0.361. The van der Waals surface area contributed by atoms with Crippen molar-refractivity contribution >= 4 is 29.9 Å². The predicted octanol–water partition coefficient (Wildman–Crippen LogP) is 3.08. The van der Waals surface area contributed by atoms with Gasteiger partial charge in [-0.15, -0.1) is 24.0 Å². The van der Waals surface area contributed by atoms with Gasteiger partial charge in [0.1, 0.15) is 5.75 Å². The summed E-state index contributed by atoms with van der Waals surface area (Å²) < 4.78 is 0. The molecule has 0 bridgehead atoms. The van der Waals surface area contributed by atoms with E-state index in [1.54, 1.807) is 12.1 Å². The molecule has 2 aliphatic rings. The number of phenols is 1. The highest BCUT2D eigenvalue weighted by Crippen LogP contribution is 2.26. The predicted molar refractivity (Wildman–Crippen MR) is 114 cm³/mol. The molecule has 1 unspecified atom stereocenters. The Morgan fingerprint density at radius 3 is 2.60 bits per heavy atom. The maximum Gasteiger partial charge on any atom is 0.191 e. The summed E-state index contributed by atoms with van der Waals surface area (Å²) in [6, 6.07) is 8.56. The van der Waals surface area contributed by atoms with Gasteiger partial charge in [0.2, 0.25) is 0 Å². The molecule has 0 aromatic heterocycles. The largest absolute Gasteiger partial charge is 0.508 e. The Balaban J connectivity index is 0.00000225. The summed E-state index contributed by atoms with van der Waals surface area (Å²) in [5, 5.41) is 16.3. The number of halogens is 1. The summed E-state index contributed by atoms with van der Waals surface area (Å²) in [6.07, 6.45) is 6.75. The average molecular weight is 458 g/mol. The number of likely N-dealkylation sites (tertiary alicyclic amines) is 1. The number of hydrogen-bond acceptors (Lipinski definition) is 3. The van der Waals surface area contributed by atoms with E-state index in [0.29, 0.717) is 18.3 Å². The van der Waals surface area contributed by atoms with Gasteiger partial charge in [-0.25, -0.2) is 4.99 Å². The minimum atomic E-state index is 0. The van der Waals surface area contributed by atoms with Crippen molar-refractivity contribution in [3.63, 3.8) is 0 Å². The lowest BCUT2D eigenvalue weighted by molar-refractivity contribution is 0.242. The van der Waals surface area contributed by atoms with Crippen molar-refractivity contribution in [1.29, 1.82) is 0 Å². The topological polar surface area (TPSA) is 59.9 Å². The fourth-order valence-corrected chi connectivity index (χ4v) is 3.79. The van der Waals surface area contributed by atoms with Gasteiger partial charge in [0.05, 0.1) is 6.54 Å². The number of rotatable bonds is 5. The average Bonchev–Trinajstić information content (AvgIpc) is 3.25. The fourth-order valence-electron chi connectivity index (χ4n) is 3.79. The minimum absolute atomic E-state index is 0.